The van der Waals surface area contributed by atoms with Crippen LogP contribution in [0.3, 0.4) is 0 Å². The van der Waals surface area contributed by atoms with Crippen LogP contribution in [0.2, 0.25) is 0 Å². The molecule has 0 atom stereocenters. The molecular weight excluding hydrogens is 212 g/mol. The molecule has 0 heterocycles. The van der Waals surface area contributed by atoms with E-state index in [1.807, 2.05) is 48.5 Å². The molecule has 2 rings (SSSR count). The average Bonchev–Trinajstić information content (AvgIpc) is 2.39. The average molecular weight is 226 g/mol. The Labute approximate surface area is 100 Å². The van der Waals surface area contributed by atoms with Crippen molar-refractivity contribution in [1.82, 2.24) is 5.32 Å². The lowest BCUT2D eigenvalue weighted by atomic mass is 10.0. The maximum absolute atomic E-state index is 11.4. The van der Waals surface area contributed by atoms with Crippen molar-refractivity contribution in [3.8, 4) is 11.1 Å². The molecule has 2 aromatic rings. The predicted octanol–water partition coefficient (Wildman–Crippen LogP) is 2.30. The number of rotatable bonds is 2. The molecule has 0 spiro atoms. The molecule has 3 N–H and O–H groups in total. The fourth-order valence-corrected chi connectivity index (χ4v) is 1.63. The normalized spacial score (nSPS) is 9.94. The number of carbonyl (C=O) groups is 1. The van der Waals surface area contributed by atoms with Crippen LogP contribution in [0.15, 0.2) is 48.5 Å². The molecule has 0 aliphatic carbocycles. The molecule has 0 radical (unpaired) electrons. The molecular formula is C14H14N2O. The summed E-state index contributed by atoms with van der Waals surface area (Å²) in [6, 6.07) is 15.1. The van der Waals surface area contributed by atoms with Crippen LogP contribution in [0, 0.1) is 0 Å². The van der Waals surface area contributed by atoms with Crippen LogP contribution in [-0.2, 0) is 0 Å². The van der Waals surface area contributed by atoms with E-state index in [0.717, 1.165) is 16.8 Å². The first-order chi connectivity index (χ1) is 8.20. The van der Waals surface area contributed by atoms with Gasteiger partial charge in [0, 0.05) is 18.3 Å². The van der Waals surface area contributed by atoms with Crippen LogP contribution < -0.4 is 11.1 Å². The standard InChI is InChI=1S/C14H14N2O/c1-16-14(17)12-4-2-10(3-5-12)11-6-8-13(15)9-7-11/h2-9H,15H2,1H3,(H,16,17). The molecule has 2 aromatic carbocycles. The highest BCUT2D eigenvalue weighted by Crippen LogP contribution is 2.20. The van der Waals surface area contributed by atoms with E-state index >= 15 is 0 Å². The first-order valence-electron chi connectivity index (χ1n) is 5.39. The molecule has 0 bridgehead atoms. The van der Waals surface area contributed by atoms with Gasteiger partial charge in [0.05, 0.1) is 0 Å². The summed E-state index contributed by atoms with van der Waals surface area (Å²) in [6.07, 6.45) is 0. The molecule has 0 aromatic heterocycles. The molecule has 1 amide bonds. The van der Waals surface area contributed by atoms with Gasteiger partial charge in [0.2, 0.25) is 0 Å². The summed E-state index contributed by atoms with van der Waals surface area (Å²) >= 11 is 0. The number of hydrogen-bond donors (Lipinski definition) is 2. The molecule has 0 unspecified atom stereocenters. The Kier molecular flexibility index (Phi) is 3.10. The Morgan fingerprint density at radius 1 is 0.941 bits per heavy atom. The Balaban J connectivity index is 2.29. The molecule has 3 heteroatoms. The van der Waals surface area contributed by atoms with Gasteiger partial charge in [-0.2, -0.15) is 0 Å². The van der Waals surface area contributed by atoms with Gasteiger partial charge in [-0.05, 0) is 35.4 Å². The molecule has 0 saturated carbocycles. The van der Waals surface area contributed by atoms with Crippen molar-refractivity contribution >= 4 is 11.6 Å². The molecule has 17 heavy (non-hydrogen) atoms. The Morgan fingerprint density at radius 3 is 1.88 bits per heavy atom. The summed E-state index contributed by atoms with van der Waals surface area (Å²) in [5.74, 6) is -0.0751. The van der Waals surface area contributed by atoms with E-state index in [1.54, 1.807) is 7.05 Å². The Bertz CT molecular complexity index is 515. The van der Waals surface area contributed by atoms with E-state index in [4.69, 9.17) is 5.73 Å². The maximum Gasteiger partial charge on any atom is 0.251 e. The van der Waals surface area contributed by atoms with Crippen LogP contribution in [-0.4, -0.2) is 13.0 Å². The quantitative estimate of drug-likeness (QED) is 0.772. The number of anilines is 1. The summed E-state index contributed by atoms with van der Waals surface area (Å²) < 4.78 is 0. The Morgan fingerprint density at radius 2 is 1.41 bits per heavy atom. The lowest BCUT2D eigenvalue weighted by Gasteiger charge is -2.04. The number of carbonyl (C=O) groups excluding carboxylic acids is 1. The summed E-state index contributed by atoms with van der Waals surface area (Å²) in [6.45, 7) is 0. The monoisotopic (exact) mass is 226 g/mol. The number of amides is 1. The zero-order chi connectivity index (χ0) is 12.3. The van der Waals surface area contributed by atoms with Crippen molar-refractivity contribution in [2.75, 3.05) is 12.8 Å². The third-order valence-electron chi connectivity index (χ3n) is 2.62. The summed E-state index contributed by atoms with van der Waals surface area (Å²) in [5.41, 5.74) is 9.19. The van der Waals surface area contributed by atoms with Gasteiger partial charge in [0.15, 0.2) is 0 Å². The van der Waals surface area contributed by atoms with Crippen molar-refractivity contribution in [3.05, 3.63) is 54.1 Å². The highest BCUT2D eigenvalue weighted by molar-refractivity contribution is 5.94. The second-order valence-electron chi connectivity index (χ2n) is 3.78. The summed E-state index contributed by atoms with van der Waals surface area (Å²) in [5, 5.41) is 2.59. The van der Waals surface area contributed by atoms with E-state index in [0.29, 0.717) is 5.56 Å². The van der Waals surface area contributed by atoms with Crippen LogP contribution in [0.1, 0.15) is 10.4 Å². The molecule has 0 fully saturated rings. The fraction of sp³-hybridized carbons (Fsp3) is 0.0714. The van der Waals surface area contributed by atoms with Gasteiger partial charge in [-0.15, -0.1) is 0 Å². The van der Waals surface area contributed by atoms with Gasteiger partial charge in [0.25, 0.3) is 5.91 Å². The zero-order valence-electron chi connectivity index (χ0n) is 9.60. The fourth-order valence-electron chi connectivity index (χ4n) is 1.63. The maximum atomic E-state index is 11.4. The van der Waals surface area contributed by atoms with Crippen LogP contribution >= 0.6 is 0 Å². The molecule has 0 aliphatic heterocycles. The van der Waals surface area contributed by atoms with E-state index < -0.39 is 0 Å². The van der Waals surface area contributed by atoms with Gasteiger partial charge >= 0.3 is 0 Å². The van der Waals surface area contributed by atoms with E-state index in [9.17, 15) is 4.79 Å². The number of nitrogens with one attached hydrogen (secondary N) is 1. The minimum absolute atomic E-state index is 0.0751. The van der Waals surface area contributed by atoms with Gasteiger partial charge < -0.3 is 11.1 Å². The van der Waals surface area contributed by atoms with Gasteiger partial charge in [-0.3, -0.25) is 4.79 Å². The lowest BCUT2D eigenvalue weighted by Crippen LogP contribution is -2.17. The highest BCUT2D eigenvalue weighted by atomic mass is 16.1. The number of nitrogens with two attached hydrogens (primary N) is 1. The second-order valence-corrected chi connectivity index (χ2v) is 3.78. The SMILES string of the molecule is CNC(=O)c1ccc(-c2ccc(N)cc2)cc1. The third kappa shape index (κ3) is 2.45. The third-order valence-corrected chi connectivity index (χ3v) is 2.62. The molecule has 86 valence electrons. The van der Waals surface area contributed by atoms with Crippen LogP contribution in [0.25, 0.3) is 11.1 Å². The zero-order valence-corrected chi connectivity index (χ0v) is 9.60. The van der Waals surface area contributed by atoms with Crippen LogP contribution in [0.4, 0.5) is 5.69 Å². The lowest BCUT2D eigenvalue weighted by molar-refractivity contribution is 0.0963. The van der Waals surface area contributed by atoms with Crippen molar-refractivity contribution in [2.45, 2.75) is 0 Å². The minimum Gasteiger partial charge on any atom is -0.399 e. The molecule has 3 nitrogen and oxygen atoms in total. The highest BCUT2D eigenvalue weighted by Gasteiger charge is 2.03. The Hall–Kier alpha value is -2.29. The second kappa shape index (κ2) is 4.70. The van der Waals surface area contributed by atoms with Gasteiger partial charge in [0.1, 0.15) is 0 Å². The van der Waals surface area contributed by atoms with Gasteiger partial charge in [-0.25, -0.2) is 0 Å². The minimum atomic E-state index is -0.0751. The van der Waals surface area contributed by atoms with Gasteiger partial charge in [-0.1, -0.05) is 24.3 Å². The topological polar surface area (TPSA) is 55.1 Å². The van der Waals surface area contributed by atoms with E-state index in [1.165, 1.54) is 0 Å². The largest absolute Gasteiger partial charge is 0.399 e. The summed E-state index contributed by atoms with van der Waals surface area (Å²) in [4.78, 5) is 11.4. The molecule has 0 saturated heterocycles. The first kappa shape index (κ1) is 11.2. The van der Waals surface area contributed by atoms with Crippen molar-refractivity contribution in [1.29, 1.82) is 0 Å². The first-order valence-corrected chi connectivity index (χ1v) is 5.39. The van der Waals surface area contributed by atoms with Crippen molar-refractivity contribution in [3.63, 3.8) is 0 Å². The van der Waals surface area contributed by atoms with Crippen molar-refractivity contribution < 1.29 is 4.79 Å². The van der Waals surface area contributed by atoms with E-state index in [-0.39, 0.29) is 5.91 Å². The van der Waals surface area contributed by atoms with E-state index in [2.05, 4.69) is 5.32 Å². The van der Waals surface area contributed by atoms with Crippen LogP contribution in [0.5, 0.6) is 0 Å². The molecule has 0 aliphatic rings. The number of benzene rings is 2. The smallest absolute Gasteiger partial charge is 0.251 e. The van der Waals surface area contributed by atoms with Crippen molar-refractivity contribution in [2.24, 2.45) is 0 Å². The number of nitrogen functional groups attached to an aromatic ring is 1. The number of hydrogen-bond acceptors (Lipinski definition) is 2. The predicted molar refractivity (Wildman–Crippen MR) is 69.7 cm³/mol. The summed E-state index contributed by atoms with van der Waals surface area (Å²) in [7, 11) is 1.62.